The molecule has 2 rings (SSSR count). The largest absolute Gasteiger partial charge is 0.341 e. The third-order valence-electron chi connectivity index (χ3n) is 3.58. The van der Waals surface area contributed by atoms with E-state index in [0.717, 1.165) is 6.42 Å². The molecule has 0 aromatic carbocycles. The highest BCUT2D eigenvalue weighted by Gasteiger charge is 2.21. The molecule has 2 heteroatoms. The summed E-state index contributed by atoms with van der Waals surface area (Å²) in [5.74, 6) is 0.228. The quantitative estimate of drug-likeness (QED) is 0.633. The van der Waals surface area contributed by atoms with E-state index in [9.17, 15) is 4.79 Å². The van der Waals surface area contributed by atoms with Crippen LogP contribution < -0.4 is 0 Å². The molecule has 0 saturated carbocycles. The van der Waals surface area contributed by atoms with Crippen molar-refractivity contribution in [1.29, 1.82) is 0 Å². The van der Waals surface area contributed by atoms with E-state index in [0.29, 0.717) is 13.0 Å². The molecule has 2 aliphatic rings. The number of allylic oxidation sites excluding steroid dienone is 5. The number of carbonyl (C=O) groups is 1. The zero-order valence-corrected chi connectivity index (χ0v) is 10.6. The van der Waals surface area contributed by atoms with Crippen molar-refractivity contribution in [2.45, 2.75) is 19.8 Å². The van der Waals surface area contributed by atoms with Gasteiger partial charge in [-0.1, -0.05) is 30.4 Å². The maximum Gasteiger partial charge on any atom is 0.222 e. The van der Waals surface area contributed by atoms with Crippen LogP contribution in [-0.2, 0) is 4.79 Å². The summed E-state index contributed by atoms with van der Waals surface area (Å²) in [6, 6.07) is 0. The summed E-state index contributed by atoms with van der Waals surface area (Å²) >= 11 is 0. The number of hydrogen-bond donors (Lipinski definition) is 0. The fourth-order valence-electron chi connectivity index (χ4n) is 2.14. The molecule has 1 aliphatic heterocycles. The molecule has 0 radical (unpaired) electrons. The molecule has 17 heavy (non-hydrogen) atoms. The second-order valence-corrected chi connectivity index (χ2v) is 5.04. The Balaban J connectivity index is 2.33. The molecule has 2 nitrogen and oxygen atoms in total. The fourth-order valence-corrected chi connectivity index (χ4v) is 2.14. The van der Waals surface area contributed by atoms with Crippen LogP contribution in [0.25, 0.3) is 0 Å². The van der Waals surface area contributed by atoms with Gasteiger partial charge in [-0.25, -0.2) is 0 Å². The molecular formula is C15H19NO. The Morgan fingerprint density at radius 3 is 2.59 bits per heavy atom. The predicted octanol–water partition coefficient (Wildman–Crippen LogP) is 2.85. The van der Waals surface area contributed by atoms with Gasteiger partial charge in [-0.15, -0.1) is 6.58 Å². The molecule has 0 aromatic heterocycles. The normalized spacial score (nSPS) is 28.8. The molecule has 1 aliphatic carbocycles. The number of rotatable bonds is 1. The summed E-state index contributed by atoms with van der Waals surface area (Å²) in [5, 5.41) is 0. The first kappa shape index (κ1) is 11.9. The van der Waals surface area contributed by atoms with Gasteiger partial charge in [-0.2, -0.15) is 0 Å². The Kier molecular flexibility index (Phi) is 3.05. The molecule has 0 saturated heterocycles. The maximum absolute atomic E-state index is 11.7. The van der Waals surface area contributed by atoms with E-state index in [4.69, 9.17) is 0 Å². The second kappa shape index (κ2) is 4.36. The first-order valence-electron chi connectivity index (χ1n) is 6.02. The van der Waals surface area contributed by atoms with Gasteiger partial charge in [0.25, 0.3) is 0 Å². The topological polar surface area (TPSA) is 20.3 Å². The Morgan fingerprint density at radius 1 is 1.29 bits per heavy atom. The first-order valence-corrected chi connectivity index (χ1v) is 6.02. The Morgan fingerprint density at radius 2 is 1.94 bits per heavy atom. The monoisotopic (exact) mass is 229 g/mol. The second-order valence-electron chi connectivity index (χ2n) is 5.04. The smallest absolute Gasteiger partial charge is 0.222 e. The van der Waals surface area contributed by atoms with E-state index < -0.39 is 0 Å². The van der Waals surface area contributed by atoms with Crippen molar-refractivity contribution in [3.05, 3.63) is 48.1 Å². The van der Waals surface area contributed by atoms with Gasteiger partial charge in [0, 0.05) is 25.4 Å². The first-order chi connectivity index (χ1) is 8.04. The van der Waals surface area contributed by atoms with Gasteiger partial charge in [-0.3, -0.25) is 4.79 Å². The highest BCUT2D eigenvalue weighted by Crippen LogP contribution is 2.30. The van der Waals surface area contributed by atoms with Gasteiger partial charge in [0.15, 0.2) is 0 Å². The average molecular weight is 229 g/mol. The Bertz CT molecular complexity index is 442. The molecule has 1 atom stereocenters. The third-order valence-corrected chi connectivity index (χ3v) is 3.58. The van der Waals surface area contributed by atoms with E-state index in [2.05, 4.69) is 37.8 Å². The molecule has 0 spiro atoms. The van der Waals surface area contributed by atoms with Crippen LogP contribution in [0.3, 0.4) is 0 Å². The van der Waals surface area contributed by atoms with E-state index in [1.165, 1.54) is 11.1 Å². The highest BCUT2D eigenvalue weighted by atomic mass is 16.2. The molecule has 0 bridgehead atoms. The zero-order valence-electron chi connectivity index (χ0n) is 10.6. The van der Waals surface area contributed by atoms with Gasteiger partial charge in [0.2, 0.25) is 5.91 Å². The summed E-state index contributed by atoms with van der Waals surface area (Å²) in [7, 11) is 1.87. The lowest BCUT2D eigenvalue weighted by atomic mass is 9.90. The van der Waals surface area contributed by atoms with Gasteiger partial charge >= 0.3 is 0 Å². The van der Waals surface area contributed by atoms with Crippen LogP contribution in [0, 0.1) is 5.41 Å². The van der Waals surface area contributed by atoms with E-state index in [-0.39, 0.29) is 11.3 Å². The van der Waals surface area contributed by atoms with Crippen LogP contribution in [0.1, 0.15) is 19.8 Å². The van der Waals surface area contributed by atoms with Gasteiger partial charge < -0.3 is 4.90 Å². The van der Waals surface area contributed by atoms with Gasteiger partial charge in [-0.05, 0) is 24.5 Å². The molecule has 90 valence electrons. The van der Waals surface area contributed by atoms with Crippen LogP contribution in [0.4, 0.5) is 0 Å². The van der Waals surface area contributed by atoms with Crippen molar-refractivity contribution in [1.82, 2.24) is 4.90 Å². The number of hydrogen-bond acceptors (Lipinski definition) is 1. The lowest BCUT2D eigenvalue weighted by molar-refractivity contribution is -0.129. The van der Waals surface area contributed by atoms with Crippen LogP contribution in [-0.4, -0.2) is 24.4 Å². The Labute approximate surface area is 103 Å². The van der Waals surface area contributed by atoms with Crippen molar-refractivity contribution in [3.63, 3.8) is 0 Å². The van der Waals surface area contributed by atoms with Crippen molar-refractivity contribution in [2.75, 3.05) is 13.6 Å². The third kappa shape index (κ3) is 2.41. The number of nitrogens with zero attached hydrogens (tertiary/aromatic N) is 1. The molecule has 1 unspecified atom stereocenters. The standard InChI is InChI=1S/C15H19NO/c1-4-15(2)9-7-12-5-6-14(17)16(3)11-13(12)8-10-15/h4,7-10H,1,5-6,11H2,2-3H3. The summed E-state index contributed by atoms with van der Waals surface area (Å²) < 4.78 is 0. The lowest BCUT2D eigenvalue weighted by Gasteiger charge is -2.16. The molecular weight excluding hydrogens is 210 g/mol. The highest BCUT2D eigenvalue weighted by molar-refractivity contribution is 5.77. The molecule has 1 heterocycles. The lowest BCUT2D eigenvalue weighted by Crippen LogP contribution is -2.26. The van der Waals surface area contributed by atoms with Crippen LogP contribution in [0.5, 0.6) is 0 Å². The van der Waals surface area contributed by atoms with Crippen molar-refractivity contribution in [2.24, 2.45) is 5.41 Å². The van der Waals surface area contributed by atoms with Gasteiger partial charge in [0.1, 0.15) is 0 Å². The fraction of sp³-hybridized carbons (Fsp3) is 0.400. The minimum Gasteiger partial charge on any atom is -0.341 e. The number of likely N-dealkylation sites (N-methyl/N-ethyl adjacent to an activating group) is 1. The summed E-state index contributed by atoms with van der Waals surface area (Å²) in [4.78, 5) is 13.5. The molecule has 0 fully saturated rings. The summed E-state index contributed by atoms with van der Waals surface area (Å²) in [6.07, 6.45) is 12.0. The van der Waals surface area contributed by atoms with Crippen LogP contribution in [0.15, 0.2) is 48.1 Å². The van der Waals surface area contributed by atoms with Gasteiger partial charge in [0.05, 0.1) is 0 Å². The molecule has 0 aromatic rings. The average Bonchev–Trinajstić information content (AvgIpc) is 2.55. The van der Waals surface area contributed by atoms with Crippen molar-refractivity contribution < 1.29 is 4.79 Å². The van der Waals surface area contributed by atoms with Crippen molar-refractivity contribution in [3.8, 4) is 0 Å². The minimum atomic E-state index is -0.0746. The maximum atomic E-state index is 11.7. The summed E-state index contributed by atoms with van der Waals surface area (Å²) in [5.41, 5.74) is 2.46. The minimum absolute atomic E-state index is 0.0746. The number of carbonyl (C=O) groups excluding carboxylic acids is 1. The van der Waals surface area contributed by atoms with E-state index in [1.807, 2.05) is 13.1 Å². The van der Waals surface area contributed by atoms with E-state index in [1.54, 1.807) is 4.90 Å². The van der Waals surface area contributed by atoms with Crippen LogP contribution in [0.2, 0.25) is 0 Å². The zero-order chi connectivity index (χ0) is 12.5. The Hall–Kier alpha value is -1.57. The van der Waals surface area contributed by atoms with Crippen molar-refractivity contribution >= 4 is 5.91 Å². The predicted molar refractivity (Wildman–Crippen MR) is 70.5 cm³/mol. The molecule has 1 amide bonds. The summed E-state index contributed by atoms with van der Waals surface area (Å²) in [6.45, 7) is 6.72. The number of amides is 1. The van der Waals surface area contributed by atoms with Crippen LogP contribution >= 0.6 is 0 Å². The SMILES string of the molecule is C=CC1(C)C=CC2=C(C=C1)CN(C)C(=O)CC2. The molecule has 0 N–H and O–H groups in total. The van der Waals surface area contributed by atoms with E-state index >= 15 is 0 Å².